The molecule has 0 radical (unpaired) electrons. The van der Waals surface area contributed by atoms with E-state index >= 15 is 0 Å². The summed E-state index contributed by atoms with van der Waals surface area (Å²) in [4.78, 5) is 28.3. The van der Waals surface area contributed by atoms with Crippen LogP contribution >= 0.6 is 11.6 Å². The molecule has 1 heterocycles. The van der Waals surface area contributed by atoms with Crippen LogP contribution in [0.25, 0.3) is 0 Å². The molecule has 1 aliphatic heterocycles. The van der Waals surface area contributed by atoms with Crippen molar-refractivity contribution in [3.63, 3.8) is 0 Å². The summed E-state index contributed by atoms with van der Waals surface area (Å²) in [6, 6.07) is 8.19. The van der Waals surface area contributed by atoms with E-state index in [2.05, 4.69) is 10.6 Å². The molecular weight excluding hydrogens is 532 g/mol. The summed E-state index contributed by atoms with van der Waals surface area (Å²) in [6.45, 7) is 5.07. The maximum atomic E-state index is 14.5. The third kappa shape index (κ3) is 7.56. The fourth-order valence-electron chi connectivity index (χ4n) is 3.76. The smallest absolute Gasteiger partial charge is 0.389 e. The Bertz CT molecular complexity index is 1150. The highest BCUT2D eigenvalue weighted by molar-refractivity contribution is 6.23. The largest absolute Gasteiger partial charge is 0.436 e. The summed E-state index contributed by atoms with van der Waals surface area (Å²) >= 11 is 5.28. The number of benzene rings is 2. The molecule has 0 bridgehead atoms. The number of alkyl halides is 4. The van der Waals surface area contributed by atoms with Crippen LogP contribution in [0.1, 0.15) is 35.3 Å². The third-order valence-corrected chi connectivity index (χ3v) is 6.36. The first-order valence-corrected chi connectivity index (χ1v) is 12.1. The maximum Gasteiger partial charge on any atom is 0.436 e. The average Bonchev–Trinajstić information content (AvgIpc) is 2.83. The number of carbonyl (C=O) groups excluding carboxylic acids is 2. The van der Waals surface area contributed by atoms with Gasteiger partial charge in [0.25, 0.3) is 11.0 Å². The zero-order chi connectivity index (χ0) is 28.3. The predicted octanol–water partition coefficient (Wildman–Crippen LogP) is 3.62. The van der Waals surface area contributed by atoms with E-state index in [1.54, 1.807) is 4.90 Å². The van der Waals surface area contributed by atoms with E-state index in [0.29, 0.717) is 38.3 Å². The van der Waals surface area contributed by atoms with Gasteiger partial charge >= 0.3 is 12.2 Å². The average molecular weight is 561 g/mol. The Morgan fingerprint density at radius 2 is 1.61 bits per heavy atom. The monoisotopic (exact) mass is 560 g/mol. The molecule has 3 rings (SSSR count). The van der Waals surface area contributed by atoms with E-state index in [4.69, 9.17) is 11.6 Å². The molecule has 4 N–H and O–H groups in total. The Balaban J connectivity index is 1.52. The number of hydrogen-bond donors (Lipinski definition) is 4. The van der Waals surface area contributed by atoms with Gasteiger partial charge < -0.3 is 25.7 Å². The fraction of sp³-hybridized carbons (Fsp3) is 0.440. The molecule has 38 heavy (non-hydrogen) atoms. The molecule has 1 atom stereocenters. The second-order valence-corrected chi connectivity index (χ2v) is 10.2. The minimum absolute atomic E-state index is 0.0385. The van der Waals surface area contributed by atoms with Gasteiger partial charge in [0.05, 0.1) is 11.3 Å². The molecular formula is C25H29ClF4N4O4. The number of halogens is 5. The molecule has 0 aliphatic carbocycles. The van der Waals surface area contributed by atoms with Gasteiger partial charge in [-0.2, -0.15) is 13.2 Å². The van der Waals surface area contributed by atoms with Gasteiger partial charge in [0.2, 0.25) is 0 Å². The minimum Gasteiger partial charge on any atom is -0.389 e. The van der Waals surface area contributed by atoms with Crippen molar-refractivity contribution in [2.24, 2.45) is 0 Å². The molecule has 8 nitrogen and oxygen atoms in total. The van der Waals surface area contributed by atoms with Crippen LogP contribution in [0.15, 0.2) is 42.5 Å². The van der Waals surface area contributed by atoms with E-state index in [9.17, 15) is 37.4 Å². The van der Waals surface area contributed by atoms with Gasteiger partial charge in [0.15, 0.2) is 0 Å². The Kier molecular flexibility index (Phi) is 8.92. The van der Waals surface area contributed by atoms with Crippen LogP contribution in [0.4, 0.5) is 28.0 Å². The predicted molar refractivity (Wildman–Crippen MR) is 133 cm³/mol. The van der Waals surface area contributed by atoms with Crippen molar-refractivity contribution in [2.45, 2.75) is 37.2 Å². The van der Waals surface area contributed by atoms with Gasteiger partial charge in [-0.1, -0.05) is 35.9 Å². The summed E-state index contributed by atoms with van der Waals surface area (Å²) in [6.07, 6.45) is -5.02. The molecule has 1 aliphatic rings. The van der Waals surface area contributed by atoms with E-state index in [-0.39, 0.29) is 23.7 Å². The lowest BCUT2D eigenvalue weighted by atomic mass is 10.1. The highest BCUT2D eigenvalue weighted by Gasteiger charge is 2.54. The molecule has 1 unspecified atom stereocenters. The molecule has 1 fully saturated rings. The number of anilines is 1. The minimum atomic E-state index is -5.02. The van der Waals surface area contributed by atoms with E-state index in [1.165, 1.54) is 38.1 Å². The van der Waals surface area contributed by atoms with Gasteiger partial charge in [-0.25, -0.2) is 9.18 Å². The van der Waals surface area contributed by atoms with Crippen molar-refractivity contribution in [3.8, 4) is 0 Å². The summed E-state index contributed by atoms with van der Waals surface area (Å²) < 4.78 is 53.2. The van der Waals surface area contributed by atoms with E-state index in [0.717, 1.165) is 18.2 Å². The highest BCUT2D eigenvalue weighted by atomic mass is 35.5. The maximum absolute atomic E-state index is 14.5. The number of amides is 3. The van der Waals surface area contributed by atoms with Crippen LogP contribution in [0, 0.1) is 5.82 Å². The van der Waals surface area contributed by atoms with E-state index < -0.39 is 34.2 Å². The van der Waals surface area contributed by atoms with Crippen LogP contribution in [-0.4, -0.2) is 76.5 Å². The quantitative estimate of drug-likeness (QED) is 0.306. The Labute approximate surface area is 222 Å². The summed E-state index contributed by atoms with van der Waals surface area (Å²) in [5.74, 6) is -1.16. The van der Waals surface area contributed by atoms with Crippen molar-refractivity contribution in [1.29, 1.82) is 0 Å². The highest BCUT2D eigenvalue weighted by Crippen LogP contribution is 2.42. The number of nitrogens with one attached hydrogen (secondary N) is 2. The second kappa shape index (κ2) is 11.4. The Morgan fingerprint density at radius 3 is 2.13 bits per heavy atom. The number of hydrogen-bond acceptors (Lipinski definition) is 5. The lowest BCUT2D eigenvalue weighted by Gasteiger charge is -2.35. The summed E-state index contributed by atoms with van der Waals surface area (Å²) in [5.41, 5.74) is -0.899. The molecule has 0 saturated carbocycles. The summed E-state index contributed by atoms with van der Waals surface area (Å²) in [5, 5.41) is 20.5. The molecule has 0 spiro atoms. The van der Waals surface area contributed by atoms with Gasteiger partial charge in [-0.05, 0) is 37.6 Å². The Hall–Kier alpha value is -2.93. The zero-order valence-electron chi connectivity index (χ0n) is 20.8. The molecule has 1 saturated heterocycles. The van der Waals surface area contributed by atoms with Crippen molar-refractivity contribution < 1.29 is 37.4 Å². The molecule has 2 aromatic carbocycles. The molecule has 2 aromatic rings. The van der Waals surface area contributed by atoms with Crippen molar-refractivity contribution >= 4 is 29.2 Å². The topological polar surface area (TPSA) is 105 Å². The lowest BCUT2D eigenvalue weighted by Crippen LogP contribution is -2.48. The number of carbonyl (C=O) groups is 2. The number of piperazine rings is 1. The van der Waals surface area contributed by atoms with Crippen LogP contribution in [-0.2, 0) is 11.6 Å². The number of aliphatic hydroxyl groups is 2. The number of urea groups is 1. The van der Waals surface area contributed by atoms with Crippen molar-refractivity contribution in [2.75, 3.05) is 38.0 Å². The second-order valence-electron chi connectivity index (χ2n) is 9.70. The van der Waals surface area contributed by atoms with Crippen LogP contribution < -0.4 is 10.6 Å². The van der Waals surface area contributed by atoms with Gasteiger partial charge in [-0.3, -0.25) is 9.69 Å². The first-order chi connectivity index (χ1) is 17.6. The fourth-order valence-corrected chi connectivity index (χ4v) is 3.88. The number of rotatable bonds is 7. The molecule has 13 heteroatoms. The first-order valence-electron chi connectivity index (χ1n) is 11.7. The SMILES string of the molecule is CC(C)(O)CNC(=O)Nc1ccc(C(=O)N2CCN(Cc3ccc(C(O)(Cl)C(F)(F)F)cc3)CC2)cc1F. The third-order valence-electron chi connectivity index (χ3n) is 5.92. The van der Waals surface area contributed by atoms with Crippen LogP contribution in [0.3, 0.4) is 0 Å². The standard InChI is InChI=1S/C25H29ClF4N4O4/c1-23(2,37)15-31-22(36)32-20-8-5-17(13-19(20)27)21(35)34-11-9-33(10-12-34)14-16-3-6-18(7-4-16)24(26,38)25(28,29)30/h3-8,13,37-38H,9-12,14-15H2,1-2H3,(H2,31,32,36). The summed E-state index contributed by atoms with van der Waals surface area (Å²) in [7, 11) is 0. The zero-order valence-corrected chi connectivity index (χ0v) is 21.5. The van der Waals surface area contributed by atoms with E-state index in [1.807, 2.05) is 4.90 Å². The van der Waals surface area contributed by atoms with Crippen molar-refractivity contribution in [3.05, 3.63) is 65.0 Å². The normalized spacial score (nSPS) is 16.6. The molecule has 0 aromatic heterocycles. The molecule has 208 valence electrons. The van der Waals surface area contributed by atoms with Gasteiger partial charge in [-0.15, -0.1) is 0 Å². The number of nitrogens with zero attached hydrogens (tertiary/aromatic N) is 2. The van der Waals surface area contributed by atoms with Crippen molar-refractivity contribution in [1.82, 2.24) is 15.1 Å². The van der Waals surface area contributed by atoms with Crippen LogP contribution in [0.5, 0.6) is 0 Å². The molecule has 3 amide bonds. The Morgan fingerprint density at radius 1 is 1.00 bits per heavy atom. The first kappa shape index (κ1) is 29.6. The van der Waals surface area contributed by atoms with Gasteiger partial charge in [0.1, 0.15) is 5.82 Å². The van der Waals surface area contributed by atoms with Crippen LogP contribution in [0.2, 0.25) is 0 Å². The van der Waals surface area contributed by atoms with Gasteiger partial charge in [0, 0.05) is 50.4 Å². The lowest BCUT2D eigenvalue weighted by molar-refractivity contribution is -0.228.